The van der Waals surface area contributed by atoms with Crippen LogP contribution in [0.2, 0.25) is 5.02 Å². The fourth-order valence-corrected chi connectivity index (χ4v) is 3.31. The molecule has 0 atom stereocenters. The average molecular weight is 331 g/mol. The van der Waals surface area contributed by atoms with Gasteiger partial charge >= 0.3 is 0 Å². The van der Waals surface area contributed by atoms with E-state index in [0.29, 0.717) is 11.1 Å². The largest absolute Gasteiger partial charge is 0.356 e. The average Bonchev–Trinajstić information content (AvgIpc) is 2.55. The first-order chi connectivity index (χ1) is 11.1. The lowest BCUT2D eigenvalue weighted by atomic mass is 10.0. The Morgan fingerprint density at radius 3 is 2.65 bits per heavy atom. The highest BCUT2D eigenvalue weighted by Gasteiger charge is 2.21. The number of rotatable bonds is 3. The third kappa shape index (κ3) is 3.48. The number of aromatic nitrogens is 2. The van der Waals surface area contributed by atoms with E-state index in [2.05, 4.69) is 18.7 Å². The van der Waals surface area contributed by atoms with Gasteiger partial charge in [0.05, 0.1) is 0 Å². The lowest BCUT2D eigenvalue weighted by Gasteiger charge is -2.32. The van der Waals surface area contributed by atoms with Crippen LogP contribution >= 0.6 is 11.6 Å². The molecule has 2 aromatic rings. The molecule has 0 radical (unpaired) electrons. The number of nitrogens with two attached hydrogens (primary N) is 1. The molecule has 0 amide bonds. The molecule has 0 spiro atoms. The van der Waals surface area contributed by atoms with E-state index in [1.807, 2.05) is 24.3 Å². The molecule has 0 bridgehead atoms. The molecule has 1 aromatic carbocycles. The van der Waals surface area contributed by atoms with Gasteiger partial charge in [0.1, 0.15) is 5.82 Å². The lowest BCUT2D eigenvalue weighted by Crippen LogP contribution is -2.40. The Kier molecular flexibility index (Phi) is 4.83. The molecule has 23 heavy (non-hydrogen) atoms. The summed E-state index contributed by atoms with van der Waals surface area (Å²) in [4.78, 5) is 11.9. The third-order valence-electron chi connectivity index (χ3n) is 4.47. The number of halogens is 1. The van der Waals surface area contributed by atoms with Crippen molar-refractivity contribution >= 4 is 17.4 Å². The van der Waals surface area contributed by atoms with E-state index in [9.17, 15) is 0 Å². The van der Waals surface area contributed by atoms with Crippen molar-refractivity contribution in [3.63, 3.8) is 0 Å². The molecule has 1 saturated heterocycles. The first-order valence-electron chi connectivity index (χ1n) is 8.22. The summed E-state index contributed by atoms with van der Waals surface area (Å²) < 4.78 is 0. The smallest absolute Gasteiger partial charge is 0.161 e. The number of piperidine rings is 1. The highest BCUT2D eigenvalue weighted by Crippen LogP contribution is 2.28. The minimum atomic E-state index is 0.312. The second-order valence-corrected chi connectivity index (χ2v) is 6.56. The molecular weight excluding hydrogens is 308 g/mol. The van der Waals surface area contributed by atoms with Gasteiger partial charge in [0.2, 0.25) is 0 Å². The van der Waals surface area contributed by atoms with Gasteiger partial charge in [0, 0.05) is 41.0 Å². The van der Waals surface area contributed by atoms with Gasteiger partial charge < -0.3 is 10.6 Å². The van der Waals surface area contributed by atoms with E-state index in [1.54, 1.807) is 0 Å². The van der Waals surface area contributed by atoms with Crippen LogP contribution < -0.4 is 10.6 Å². The number of hydrogen-bond donors (Lipinski definition) is 1. The van der Waals surface area contributed by atoms with E-state index in [1.165, 1.54) is 5.56 Å². The van der Waals surface area contributed by atoms with Gasteiger partial charge in [-0.25, -0.2) is 9.97 Å². The number of nitrogens with zero attached hydrogens (tertiary/aromatic N) is 3. The number of benzene rings is 1. The van der Waals surface area contributed by atoms with Crippen molar-refractivity contribution in [1.29, 1.82) is 0 Å². The second-order valence-electron chi connectivity index (χ2n) is 6.12. The van der Waals surface area contributed by atoms with E-state index in [0.717, 1.165) is 55.3 Å². The van der Waals surface area contributed by atoms with Crippen LogP contribution in [0.5, 0.6) is 0 Å². The lowest BCUT2D eigenvalue weighted by molar-refractivity contribution is 0.497. The maximum atomic E-state index is 6.12. The van der Waals surface area contributed by atoms with Crippen molar-refractivity contribution in [1.82, 2.24) is 9.97 Å². The number of aryl methyl sites for hydroxylation is 1. The van der Waals surface area contributed by atoms with Gasteiger partial charge in [0.25, 0.3) is 0 Å². The molecule has 2 heterocycles. The molecule has 0 unspecified atom stereocenters. The Balaban J connectivity index is 2.03. The van der Waals surface area contributed by atoms with Crippen molar-refractivity contribution in [3.8, 4) is 11.4 Å². The van der Waals surface area contributed by atoms with Crippen molar-refractivity contribution < 1.29 is 0 Å². The van der Waals surface area contributed by atoms with Gasteiger partial charge in [-0.15, -0.1) is 0 Å². The van der Waals surface area contributed by atoms with Crippen LogP contribution in [0, 0.1) is 6.92 Å². The number of anilines is 1. The molecule has 1 fully saturated rings. The summed E-state index contributed by atoms with van der Waals surface area (Å²) in [7, 11) is 0. The zero-order chi connectivity index (χ0) is 16.4. The molecule has 1 aliphatic heterocycles. The molecule has 0 saturated carbocycles. The monoisotopic (exact) mass is 330 g/mol. The summed E-state index contributed by atoms with van der Waals surface area (Å²) in [5.74, 6) is 1.80. The molecule has 1 aliphatic rings. The highest BCUT2D eigenvalue weighted by molar-refractivity contribution is 6.30. The summed E-state index contributed by atoms with van der Waals surface area (Å²) in [6.45, 7) is 6.14. The fourth-order valence-electron chi connectivity index (χ4n) is 3.12. The highest BCUT2D eigenvalue weighted by atomic mass is 35.5. The predicted molar refractivity (Wildman–Crippen MR) is 96.0 cm³/mol. The van der Waals surface area contributed by atoms with E-state index in [-0.39, 0.29) is 0 Å². The maximum absolute atomic E-state index is 6.12. The normalized spacial score (nSPS) is 15.9. The van der Waals surface area contributed by atoms with Gasteiger partial charge in [0.15, 0.2) is 5.82 Å². The molecular formula is C18H23ClN4. The van der Waals surface area contributed by atoms with Crippen LogP contribution in [0.15, 0.2) is 24.3 Å². The summed E-state index contributed by atoms with van der Waals surface area (Å²) in [6, 6.07) is 8.03. The fraction of sp³-hybridized carbons (Fsp3) is 0.444. The molecule has 122 valence electrons. The Morgan fingerprint density at radius 2 is 2.00 bits per heavy atom. The third-order valence-corrected chi connectivity index (χ3v) is 4.70. The van der Waals surface area contributed by atoms with E-state index < -0.39 is 0 Å². The quantitative estimate of drug-likeness (QED) is 0.934. The first-order valence-corrected chi connectivity index (χ1v) is 8.60. The Hall–Kier alpha value is -1.65. The molecule has 1 aromatic heterocycles. The Labute approximate surface area is 142 Å². The van der Waals surface area contributed by atoms with Crippen molar-refractivity contribution in [2.24, 2.45) is 5.73 Å². The maximum Gasteiger partial charge on any atom is 0.161 e. The molecule has 3 rings (SSSR count). The van der Waals surface area contributed by atoms with Crippen LogP contribution in [0.25, 0.3) is 11.4 Å². The second kappa shape index (κ2) is 6.85. The van der Waals surface area contributed by atoms with Gasteiger partial charge in [-0.1, -0.05) is 30.7 Å². The zero-order valence-electron chi connectivity index (χ0n) is 13.7. The minimum Gasteiger partial charge on any atom is -0.356 e. The van der Waals surface area contributed by atoms with Gasteiger partial charge in [-0.2, -0.15) is 0 Å². The van der Waals surface area contributed by atoms with Gasteiger partial charge in [-0.3, -0.25) is 0 Å². The minimum absolute atomic E-state index is 0.312. The van der Waals surface area contributed by atoms with Crippen LogP contribution in [0.3, 0.4) is 0 Å². The topological polar surface area (TPSA) is 55.0 Å². The van der Waals surface area contributed by atoms with Crippen LogP contribution in [0.1, 0.15) is 31.0 Å². The predicted octanol–water partition coefficient (Wildman–Crippen LogP) is 3.60. The van der Waals surface area contributed by atoms with Crippen molar-refractivity contribution in [2.45, 2.75) is 39.2 Å². The van der Waals surface area contributed by atoms with E-state index >= 15 is 0 Å². The van der Waals surface area contributed by atoms with Crippen molar-refractivity contribution in [3.05, 3.63) is 40.5 Å². The van der Waals surface area contributed by atoms with Crippen LogP contribution in [0.4, 0.5) is 5.82 Å². The zero-order valence-corrected chi connectivity index (χ0v) is 14.5. The first kappa shape index (κ1) is 16.2. The summed E-state index contributed by atoms with van der Waals surface area (Å²) >= 11 is 6.12. The summed E-state index contributed by atoms with van der Waals surface area (Å²) in [5.41, 5.74) is 9.27. The van der Waals surface area contributed by atoms with E-state index in [4.69, 9.17) is 27.3 Å². The van der Waals surface area contributed by atoms with Crippen molar-refractivity contribution in [2.75, 3.05) is 18.0 Å². The van der Waals surface area contributed by atoms with Crippen LogP contribution in [-0.2, 0) is 6.42 Å². The number of hydrogen-bond acceptors (Lipinski definition) is 4. The van der Waals surface area contributed by atoms with Gasteiger partial charge in [-0.05, 0) is 38.3 Å². The SMILES string of the molecule is CCc1c(C)nc(-c2cccc(Cl)c2)nc1N1CCC(N)CC1. The summed E-state index contributed by atoms with van der Waals surface area (Å²) in [6.07, 6.45) is 2.96. The molecule has 0 aliphatic carbocycles. The Bertz CT molecular complexity index is 693. The summed E-state index contributed by atoms with van der Waals surface area (Å²) in [5, 5.41) is 0.703. The molecule has 4 nitrogen and oxygen atoms in total. The Morgan fingerprint density at radius 1 is 1.26 bits per heavy atom. The standard InChI is InChI=1S/C18H23ClN4/c1-3-16-12(2)21-17(13-5-4-6-14(19)11-13)22-18(16)23-9-7-15(20)8-10-23/h4-6,11,15H,3,7-10,20H2,1-2H3. The molecule has 5 heteroatoms. The molecule has 2 N–H and O–H groups in total. The van der Waals surface area contributed by atoms with Crippen LogP contribution in [-0.4, -0.2) is 29.1 Å².